The molecule has 3 heteroatoms. The van der Waals surface area contributed by atoms with Crippen molar-refractivity contribution in [2.24, 2.45) is 17.8 Å². The van der Waals surface area contributed by atoms with Gasteiger partial charge in [0.1, 0.15) is 0 Å². The van der Waals surface area contributed by atoms with Crippen LogP contribution in [0.1, 0.15) is 51.2 Å². The van der Waals surface area contributed by atoms with E-state index < -0.39 is 17.5 Å². The molecule has 0 spiro atoms. The molecule has 122 valence electrons. The number of hydrogen-bond acceptors (Lipinski definition) is 0. The highest BCUT2D eigenvalue weighted by Gasteiger charge is 2.26. The first-order chi connectivity index (χ1) is 9.93. The molecule has 0 amide bonds. The number of rotatable bonds is 3. The summed E-state index contributed by atoms with van der Waals surface area (Å²) < 4.78 is 40.2. The quantitative estimate of drug-likeness (QED) is 0.498. The maximum absolute atomic E-state index is 13.6. The van der Waals surface area contributed by atoms with Crippen LogP contribution in [-0.2, 0) is 6.42 Å². The van der Waals surface area contributed by atoms with E-state index in [9.17, 15) is 13.2 Å². The predicted molar refractivity (Wildman–Crippen MR) is 84.9 cm³/mol. The molecule has 0 nitrogen and oxygen atoms in total. The third kappa shape index (κ3) is 3.85. The van der Waals surface area contributed by atoms with Gasteiger partial charge in [-0.25, -0.2) is 13.2 Å². The maximum atomic E-state index is 13.6. The van der Waals surface area contributed by atoms with Crippen LogP contribution in [-0.4, -0.2) is 0 Å². The van der Waals surface area contributed by atoms with Gasteiger partial charge in [0.05, 0.1) is 0 Å². The molecule has 1 unspecified atom stereocenters. The molecule has 1 atom stereocenters. The second kappa shape index (κ2) is 7.72. The van der Waals surface area contributed by atoms with E-state index in [-0.39, 0.29) is 18.9 Å². The minimum absolute atomic E-state index is 0. The lowest BCUT2D eigenvalue weighted by Crippen LogP contribution is -2.22. The van der Waals surface area contributed by atoms with Crippen LogP contribution in [0.25, 0.3) is 0 Å². The molecule has 0 radical (unpaired) electrons. The molecule has 1 aliphatic rings. The van der Waals surface area contributed by atoms with E-state index in [2.05, 4.69) is 12.8 Å². The molecule has 0 aliphatic heterocycles. The second-order valence-electron chi connectivity index (χ2n) is 6.27. The monoisotopic (exact) mass is 310 g/mol. The smallest absolute Gasteiger partial charge is 0.194 e. The Morgan fingerprint density at radius 3 is 2.32 bits per heavy atom. The largest absolute Gasteiger partial charge is 0.204 e. The van der Waals surface area contributed by atoms with Gasteiger partial charge >= 0.3 is 0 Å². The number of terminal acetylenes is 1. The lowest BCUT2D eigenvalue weighted by molar-refractivity contribution is 0.243. The third-order valence-corrected chi connectivity index (χ3v) is 4.80. The molecule has 0 bridgehead atoms. The van der Waals surface area contributed by atoms with Crippen molar-refractivity contribution in [2.75, 3.05) is 0 Å². The van der Waals surface area contributed by atoms with Crippen molar-refractivity contribution in [3.05, 3.63) is 34.6 Å². The fourth-order valence-electron chi connectivity index (χ4n) is 3.23. The van der Waals surface area contributed by atoms with Gasteiger partial charge in [-0.3, -0.25) is 0 Å². The summed E-state index contributed by atoms with van der Waals surface area (Å²) in [6.45, 7) is 3.71. The minimum Gasteiger partial charge on any atom is -0.204 e. The van der Waals surface area contributed by atoms with Crippen molar-refractivity contribution >= 4 is 0 Å². The van der Waals surface area contributed by atoms with E-state index in [1.54, 1.807) is 0 Å². The first-order valence-electron chi connectivity index (χ1n) is 7.53. The summed E-state index contributed by atoms with van der Waals surface area (Å²) in [5.41, 5.74) is 0.645. The molecule has 0 saturated heterocycles. The van der Waals surface area contributed by atoms with Gasteiger partial charge in [0, 0.05) is 5.92 Å². The van der Waals surface area contributed by atoms with Crippen molar-refractivity contribution < 1.29 is 13.2 Å². The van der Waals surface area contributed by atoms with E-state index in [0.29, 0.717) is 17.9 Å². The van der Waals surface area contributed by atoms with Crippen LogP contribution >= 0.6 is 0 Å². The van der Waals surface area contributed by atoms with Gasteiger partial charge in [-0.05, 0) is 55.2 Å². The average molecular weight is 310 g/mol. The Hall–Kier alpha value is -1.43. The van der Waals surface area contributed by atoms with Crippen molar-refractivity contribution in [2.45, 2.75) is 53.4 Å². The number of halogens is 3. The highest BCUT2D eigenvalue weighted by atomic mass is 19.2. The third-order valence-electron chi connectivity index (χ3n) is 4.80. The van der Waals surface area contributed by atoms with Crippen LogP contribution in [0.5, 0.6) is 0 Å². The summed E-state index contributed by atoms with van der Waals surface area (Å²) in [5, 5.41) is 0. The molecule has 0 aromatic heterocycles. The van der Waals surface area contributed by atoms with Gasteiger partial charge < -0.3 is 0 Å². The first-order valence-corrected chi connectivity index (χ1v) is 7.53. The fourth-order valence-corrected chi connectivity index (χ4v) is 3.23. The molecule has 0 heterocycles. The lowest BCUT2D eigenvalue weighted by Gasteiger charge is -2.30. The van der Waals surface area contributed by atoms with Crippen molar-refractivity contribution in [1.82, 2.24) is 0 Å². The molecule has 22 heavy (non-hydrogen) atoms. The Bertz CT molecular complexity index is 549. The molecule has 1 fully saturated rings. The molecule has 0 N–H and O–H groups in total. The average Bonchev–Trinajstić information content (AvgIpc) is 2.48. The summed E-state index contributed by atoms with van der Waals surface area (Å²) in [6.07, 6.45) is 10.4. The van der Waals surface area contributed by atoms with Gasteiger partial charge in [-0.1, -0.05) is 27.2 Å². The summed E-state index contributed by atoms with van der Waals surface area (Å²) in [6, 6.07) is 1.09. The highest BCUT2D eigenvalue weighted by molar-refractivity contribution is 5.30. The molecule has 1 aliphatic carbocycles. The summed E-state index contributed by atoms with van der Waals surface area (Å²) in [4.78, 5) is 0. The Balaban J connectivity index is 0.00000242. The summed E-state index contributed by atoms with van der Waals surface area (Å²) in [5.74, 6) is 0.211. The highest BCUT2D eigenvalue weighted by Crippen LogP contribution is 2.35. The molecule has 1 aromatic carbocycles. The second-order valence-corrected chi connectivity index (χ2v) is 6.27. The lowest BCUT2D eigenvalue weighted by atomic mass is 9.74. The van der Waals surface area contributed by atoms with E-state index in [1.807, 2.05) is 0 Å². The molecule has 1 aromatic rings. The number of hydrogen-bond donors (Lipinski definition) is 0. The fraction of sp³-hybridized carbons (Fsp3) is 0.579. The van der Waals surface area contributed by atoms with Crippen molar-refractivity contribution in [1.29, 1.82) is 0 Å². The normalized spacial score (nSPS) is 22.5. The Kier molecular flexibility index (Phi) is 6.53. The van der Waals surface area contributed by atoms with Gasteiger partial charge in [0.15, 0.2) is 17.5 Å². The minimum atomic E-state index is -1.40. The zero-order chi connectivity index (χ0) is 15.6. The van der Waals surface area contributed by atoms with Crippen LogP contribution in [0.2, 0.25) is 0 Å². The van der Waals surface area contributed by atoms with Gasteiger partial charge in [0.25, 0.3) is 0 Å². The van der Waals surface area contributed by atoms with Crippen LogP contribution < -0.4 is 0 Å². The first kappa shape index (κ1) is 18.6. The van der Waals surface area contributed by atoms with Crippen LogP contribution in [0.4, 0.5) is 13.2 Å². The summed E-state index contributed by atoms with van der Waals surface area (Å²) in [7, 11) is 0. The van der Waals surface area contributed by atoms with E-state index >= 15 is 0 Å². The molecule has 1 saturated carbocycles. The Labute approximate surface area is 132 Å². The molecular weight excluding hydrogens is 285 g/mol. The maximum Gasteiger partial charge on any atom is 0.194 e. The predicted octanol–water partition coefficient (Wildman–Crippen LogP) is 5.67. The van der Waals surface area contributed by atoms with Gasteiger partial charge in [-0.2, -0.15) is 0 Å². The zero-order valence-electron chi connectivity index (χ0n) is 12.6. The van der Waals surface area contributed by atoms with E-state index in [0.717, 1.165) is 37.7 Å². The summed E-state index contributed by atoms with van der Waals surface area (Å²) >= 11 is 0. The van der Waals surface area contributed by atoms with Crippen LogP contribution in [0, 0.1) is 54.5 Å². The van der Waals surface area contributed by atoms with Crippen molar-refractivity contribution in [3.8, 4) is 12.3 Å². The van der Waals surface area contributed by atoms with Gasteiger partial charge in [-0.15, -0.1) is 12.3 Å². The van der Waals surface area contributed by atoms with Crippen molar-refractivity contribution in [3.63, 3.8) is 0 Å². The Morgan fingerprint density at radius 1 is 1.18 bits per heavy atom. The Morgan fingerprint density at radius 2 is 1.77 bits per heavy atom. The SMILES string of the molecule is C.C#CC(Cc1cc(F)c(F)c(F)c1C)C1CCC(C)CC1. The van der Waals surface area contributed by atoms with Crippen LogP contribution in [0.3, 0.4) is 0 Å². The van der Waals surface area contributed by atoms with Crippen LogP contribution in [0.15, 0.2) is 6.07 Å². The standard InChI is InChI=1S/C18H21F3.CH4/c1-4-13(14-7-5-11(2)6-8-14)9-15-10-16(19)18(21)17(20)12(15)3;/h1,10-11,13-14H,5-9H2,2-3H3;1H4. The van der Waals surface area contributed by atoms with E-state index in [4.69, 9.17) is 6.42 Å². The van der Waals surface area contributed by atoms with E-state index in [1.165, 1.54) is 6.92 Å². The van der Waals surface area contributed by atoms with Gasteiger partial charge in [0.2, 0.25) is 0 Å². The number of benzene rings is 1. The zero-order valence-corrected chi connectivity index (χ0v) is 12.6. The molecular formula is C19H25F3. The molecule has 2 rings (SSSR count). The topological polar surface area (TPSA) is 0 Å².